The van der Waals surface area contributed by atoms with Crippen molar-refractivity contribution >= 4 is 24.4 Å². The summed E-state index contributed by atoms with van der Waals surface area (Å²) >= 11 is 4.06. The molecule has 0 heterocycles. The number of nitrogens with one attached hydrogen (secondary N) is 2. The summed E-state index contributed by atoms with van der Waals surface area (Å²) in [5, 5.41) is 5.52. The standard InChI is InChI=1S/C11H20N2O2S/c1-3-4-8-5-9(8)13-11(15)10(6-16)12-7(2)14/h8-10,16H,3-6H2,1-2H3,(H,12,14)(H,13,15). The van der Waals surface area contributed by atoms with Gasteiger partial charge in [-0.15, -0.1) is 0 Å². The van der Waals surface area contributed by atoms with Gasteiger partial charge >= 0.3 is 0 Å². The molecular weight excluding hydrogens is 224 g/mol. The largest absolute Gasteiger partial charge is 0.351 e. The summed E-state index contributed by atoms with van der Waals surface area (Å²) < 4.78 is 0. The highest BCUT2D eigenvalue weighted by atomic mass is 32.1. The molecule has 4 nitrogen and oxygen atoms in total. The Labute approximate surface area is 102 Å². The topological polar surface area (TPSA) is 58.2 Å². The second kappa shape index (κ2) is 6.13. The van der Waals surface area contributed by atoms with Crippen LogP contribution in [-0.2, 0) is 9.59 Å². The molecule has 1 saturated carbocycles. The molecule has 0 aliphatic heterocycles. The zero-order chi connectivity index (χ0) is 12.1. The highest BCUT2D eigenvalue weighted by Gasteiger charge is 2.38. The van der Waals surface area contributed by atoms with Crippen LogP contribution in [0.1, 0.15) is 33.1 Å². The molecule has 1 fully saturated rings. The van der Waals surface area contributed by atoms with Crippen LogP contribution < -0.4 is 10.6 Å². The Kier molecular flexibility index (Phi) is 5.12. The lowest BCUT2D eigenvalue weighted by atomic mass is 10.2. The molecule has 0 radical (unpaired) electrons. The van der Waals surface area contributed by atoms with E-state index in [-0.39, 0.29) is 11.8 Å². The minimum Gasteiger partial charge on any atom is -0.351 e. The molecule has 3 unspecified atom stereocenters. The fraction of sp³-hybridized carbons (Fsp3) is 0.818. The number of carbonyl (C=O) groups excluding carboxylic acids is 2. The summed E-state index contributed by atoms with van der Waals surface area (Å²) in [7, 11) is 0. The van der Waals surface area contributed by atoms with Gasteiger partial charge in [-0.1, -0.05) is 13.3 Å². The van der Waals surface area contributed by atoms with Gasteiger partial charge in [0.15, 0.2) is 0 Å². The lowest BCUT2D eigenvalue weighted by molar-refractivity contribution is -0.127. The number of rotatable bonds is 6. The molecule has 0 bridgehead atoms. The van der Waals surface area contributed by atoms with E-state index in [4.69, 9.17) is 0 Å². The summed E-state index contributed by atoms with van der Waals surface area (Å²) in [4.78, 5) is 22.6. The Bertz CT molecular complexity index is 271. The van der Waals surface area contributed by atoms with Crippen LogP contribution in [0.25, 0.3) is 0 Å². The van der Waals surface area contributed by atoms with Gasteiger partial charge in [-0.3, -0.25) is 9.59 Å². The fourth-order valence-electron chi connectivity index (χ4n) is 1.84. The molecule has 3 atom stereocenters. The predicted molar refractivity (Wildman–Crippen MR) is 66.4 cm³/mol. The van der Waals surface area contributed by atoms with Crippen molar-refractivity contribution in [1.82, 2.24) is 10.6 Å². The number of carbonyl (C=O) groups is 2. The van der Waals surface area contributed by atoms with Gasteiger partial charge in [0.2, 0.25) is 11.8 Å². The van der Waals surface area contributed by atoms with Crippen molar-refractivity contribution in [2.45, 2.75) is 45.2 Å². The molecule has 0 saturated heterocycles. The molecule has 0 aromatic heterocycles. The third kappa shape index (κ3) is 4.04. The van der Waals surface area contributed by atoms with Crippen molar-refractivity contribution in [2.75, 3.05) is 5.75 Å². The second-order valence-corrected chi connectivity index (χ2v) is 4.70. The Morgan fingerprint density at radius 2 is 2.19 bits per heavy atom. The van der Waals surface area contributed by atoms with Crippen LogP contribution in [0.2, 0.25) is 0 Å². The van der Waals surface area contributed by atoms with Crippen molar-refractivity contribution in [3.8, 4) is 0 Å². The van der Waals surface area contributed by atoms with Crippen LogP contribution in [0.4, 0.5) is 0 Å². The first-order chi connectivity index (χ1) is 7.58. The Hall–Kier alpha value is -0.710. The van der Waals surface area contributed by atoms with Gasteiger partial charge in [0, 0.05) is 18.7 Å². The molecule has 16 heavy (non-hydrogen) atoms. The molecule has 0 aromatic carbocycles. The lowest BCUT2D eigenvalue weighted by Gasteiger charge is -2.15. The van der Waals surface area contributed by atoms with Gasteiger partial charge in [-0.05, 0) is 18.8 Å². The van der Waals surface area contributed by atoms with Crippen molar-refractivity contribution in [3.63, 3.8) is 0 Å². The van der Waals surface area contributed by atoms with Crippen LogP contribution >= 0.6 is 12.6 Å². The van der Waals surface area contributed by atoms with Gasteiger partial charge in [-0.2, -0.15) is 12.6 Å². The second-order valence-electron chi connectivity index (χ2n) is 4.34. The van der Waals surface area contributed by atoms with Gasteiger partial charge in [0.1, 0.15) is 6.04 Å². The molecule has 1 aliphatic carbocycles. The van der Waals surface area contributed by atoms with Crippen LogP contribution in [0.3, 0.4) is 0 Å². The molecule has 1 rings (SSSR count). The molecular formula is C11H20N2O2S. The van der Waals surface area contributed by atoms with Crippen LogP contribution in [0.15, 0.2) is 0 Å². The summed E-state index contributed by atoms with van der Waals surface area (Å²) in [5.41, 5.74) is 0. The van der Waals surface area contributed by atoms with E-state index in [0.29, 0.717) is 17.7 Å². The minimum absolute atomic E-state index is 0.117. The maximum atomic E-state index is 11.7. The first kappa shape index (κ1) is 13.4. The van der Waals surface area contributed by atoms with E-state index in [0.717, 1.165) is 19.3 Å². The van der Waals surface area contributed by atoms with Crippen molar-refractivity contribution in [3.05, 3.63) is 0 Å². The first-order valence-corrected chi connectivity index (χ1v) is 6.40. The molecule has 5 heteroatoms. The maximum absolute atomic E-state index is 11.7. The van der Waals surface area contributed by atoms with E-state index in [1.165, 1.54) is 6.92 Å². The van der Waals surface area contributed by atoms with Gasteiger partial charge < -0.3 is 10.6 Å². The van der Waals surface area contributed by atoms with Crippen molar-refractivity contribution < 1.29 is 9.59 Å². The normalized spacial score (nSPS) is 24.7. The van der Waals surface area contributed by atoms with Crippen LogP contribution in [0, 0.1) is 5.92 Å². The van der Waals surface area contributed by atoms with Gasteiger partial charge in [0.05, 0.1) is 0 Å². The zero-order valence-electron chi connectivity index (χ0n) is 9.82. The molecule has 1 aliphatic rings. The maximum Gasteiger partial charge on any atom is 0.243 e. The van der Waals surface area contributed by atoms with Crippen LogP contribution in [0.5, 0.6) is 0 Å². The van der Waals surface area contributed by atoms with E-state index >= 15 is 0 Å². The van der Waals surface area contributed by atoms with Gasteiger partial charge in [-0.25, -0.2) is 0 Å². The minimum atomic E-state index is -0.510. The first-order valence-electron chi connectivity index (χ1n) is 5.76. The van der Waals surface area contributed by atoms with Gasteiger partial charge in [0.25, 0.3) is 0 Å². The number of thiol groups is 1. The van der Waals surface area contributed by atoms with Crippen LogP contribution in [-0.4, -0.2) is 29.7 Å². The molecule has 2 amide bonds. The lowest BCUT2D eigenvalue weighted by Crippen LogP contribution is -2.48. The number of hydrogen-bond donors (Lipinski definition) is 3. The Balaban J connectivity index is 2.31. The highest BCUT2D eigenvalue weighted by Crippen LogP contribution is 2.34. The smallest absolute Gasteiger partial charge is 0.243 e. The van der Waals surface area contributed by atoms with Crippen molar-refractivity contribution in [1.29, 1.82) is 0 Å². The average Bonchev–Trinajstić information content (AvgIpc) is 2.93. The molecule has 92 valence electrons. The SMILES string of the molecule is CCCC1CC1NC(=O)C(CS)NC(C)=O. The Morgan fingerprint density at radius 3 is 2.69 bits per heavy atom. The summed E-state index contributed by atoms with van der Waals surface area (Å²) in [6.45, 7) is 3.55. The fourth-order valence-corrected chi connectivity index (χ4v) is 2.09. The monoisotopic (exact) mass is 244 g/mol. The molecule has 2 N–H and O–H groups in total. The zero-order valence-corrected chi connectivity index (χ0v) is 10.7. The van der Waals surface area contributed by atoms with E-state index in [2.05, 4.69) is 30.2 Å². The highest BCUT2D eigenvalue weighted by molar-refractivity contribution is 7.80. The average molecular weight is 244 g/mol. The van der Waals surface area contributed by atoms with E-state index < -0.39 is 6.04 Å². The van der Waals surface area contributed by atoms with E-state index in [1.807, 2.05) is 0 Å². The number of hydrogen-bond acceptors (Lipinski definition) is 3. The number of amides is 2. The Morgan fingerprint density at radius 1 is 1.50 bits per heavy atom. The van der Waals surface area contributed by atoms with Crippen molar-refractivity contribution in [2.24, 2.45) is 5.92 Å². The quantitative estimate of drug-likeness (QED) is 0.603. The van der Waals surface area contributed by atoms with E-state index in [1.54, 1.807) is 0 Å². The molecule has 0 spiro atoms. The molecule has 0 aromatic rings. The third-order valence-corrected chi connectivity index (χ3v) is 3.15. The predicted octanol–water partition coefficient (Wildman–Crippen LogP) is 0.726. The summed E-state index contributed by atoms with van der Waals surface area (Å²) in [6, 6.07) is -0.202. The third-order valence-electron chi connectivity index (χ3n) is 2.79. The summed E-state index contributed by atoms with van der Waals surface area (Å²) in [6.07, 6.45) is 3.38. The van der Waals surface area contributed by atoms with E-state index in [9.17, 15) is 9.59 Å². The summed E-state index contributed by atoms with van der Waals surface area (Å²) in [5.74, 6) is 0.645.